The molecule has 5 nitrogen and oxygen atoms in total. The number of fused-ring (bicyclic) bond motifs is 1. The summed E-state index contributed by atoms with van der Waals surface area (Å²) in [6, 6.07) is 5.59. The largest absolute Gasteiger partial charge is 0.383 e. The average molecular weight is 327 g/mol. The number of nitrogens with one attached hydrogen (secondary N) is 1. The van der Waals surface area contributed by atoms with Crippen LogP contribution in [0.25, 0.3) is 0 Å². The van der Waals surface area contributed by atoms with Gasteiger partial charge in [-0.15, -0.1) is 0 Å². The fourth-order valence-electron chi connectivity index (χ4n) is 1.98. The molecule has 0 radical (unpaired) electrons. The minimum absolute atomic E-state index is 0.0782. The van der Waals surface area contributed by atoms with E-state index in [9.17, 15) is 9.59 Å². The van der Waals surface area contributed by atoms with E-state index in [2.05, 4.69) is 21.2 Å². The molecule has 0 spiro atoms. The number of carbonyl (C=O) groups is 2. The van der Waals surface area contributed by atoms with Crippen LogP contribution < -0.4 is 5.32 Å². The van der Waals surface area contributed by atoms with Gasteiger partial charge >= 0.3 is 0 Å². The van der Waals surface area contributed by atoms with Gasteiger partial charge in [0.15, 0.2) is 0 Å². The lowest BCUT2D eigenvalue weighted by Gasteiger charge is -2.14. The second kappa shape index (κ2) is 6.16. The zero-order chi connectivity index (χ0) is 13.8. The van der Waals surface area contributed by atoms with Crippen LogP contribution in [0.5, 0.6) is 0 Å². The van der Waals surface area contributed by atoms with Crippen molar-refractivity contribution in [1.82, 2.24) is 10.2 Å². The molecule has 0 saturated heterocycles. The zero-order valence-corrected chi connectivity index (χ0v) is 12.2. The van der Waals surface area contributed by atoms with Gasteiger partial charge in [0.1, 0.15) is 6.54 Å². The van der Waals surface area contributed by atoms with E-state index in [4.69, 9.17) is 4.74 Å². The second-order valence-electron chi connectivity index (χ2n) is 4.31. The predicted molar refractivity (Wildman–Crippen MR) is 73.8 cm³/mol. The fourth-order valence-corrected chi connectivity index (χ4v) is 2.34. The van der Waals surface area contributed by atoms with Crippen molar-refractivity contribution in [3.8, 4) is 0 Å². The summed E-state index contributed by atoms with van der Waals surface area (Å²) >= 11 is 3.34. The average Bonchev–Trinajstić information content (AvgIpc) is 2.67. The molecule has 0 aliphatic carbocycles. The first-order valence-electron chi connectivity index (χ1n) is 5.95. The van der Waals surface area contributed by atoms with Crippen molar-refractivity contribution in [2.24, 2.45) is 0 Å². The second-order valence-corrected chi connectivity index (χ2v) is 5.22. The summed E-state index contributed by atoms with van der Waals surface area (Å²) in [5, 5.41) is 2.70. The van der Waals surface area contributed by atoms with Crippen molar-refractivity contribution in [2.45, 2.75) is 6.54 Å². The first kappa shape index (κ1) is 14.0. The van der Waals surface area contributed by atoms with Crippen LogP contribution in [0.15, 0.2) is 22.7 Å². The lowest BCUT2D eigenvalue weighted by Crippen LogP contribution is -2.38. The van der Waals surface area contributed by atoms with Gasteiger partial charge in [0.25, 0.3) is 5.91 Å². The molecule has 1 N–H and O–H groups in total. The molecule has 102 valence electrons. The number of carbonyl (C=O) groups excluding carboxylic acids is 2. The molecule has 2 rings (SSSR count). The maximum absolute atomic E-state index is 12.1. The first-order chi connectivity index (χ1) is 9.11. The number of benzene rings is 1. The van der Waals surface area contributed by atoms with Gasteiger partial charge in [0.2, 0.25) is 5.91 Å². The predicted octanol–water partition coefficient (Wildman–Crippen LogP) is 1.17. The van der Waals surface area contributed by atoms with Crippen LogP contribution >= 0.6 is 15.9 Å². The van der Waals surface area contributed by atoms with Crippen molar-refractivity contribution in [2.75, 3.05) is 26.8 Å². The van der Waals surface area contributed by atoms with Crippen molar-refractivity contribution in [1.29, 1.82) is 0 Å². The number of hydrogen-bond donors (Lipinski definition) is 1. The maximum atomic E-state index is 12.1. The van der Waals surface area contributed by atoms with Gasteiger partial charge < -0.3 is 15.0 Å². The molecular formula is C13H15BrN2O3. The van der Waals surface area contributed by atoms with E-state index in [0.717, 1.165) is 10.0 Å². The van der Waals surface area contributed by atoms with Gasteiger partial charge in [-0.3, -0.25) is 9.59 Å². The van der Waals surface area contributed by atoms with Crippen molar-refractivity contribution in [3.05, 3.63) is 33.8 Å². The van der Waals surface area contributed by atoms with Crippen LogP contribution in [0, 0.1) is 0 Å². The summed E-state index contributed by atoms with van der Waals surface area (Å²) in [4.78, 5) is 25.3. The minimum atomic E-state index is -0.169. The highest BCUT2D eigenvalue weighted by molar-refractivity contribution is 9.10. The van der Waals surface area contributed by atoms with Crippen molar-refractivity contribution < 1.29 is 14.3 Å². The fraction of sp³-hybridized carbons (Fsp3) is 0.385. The Morgan fingerprint density at radius 2 is 2.32 bits per heavy atom. The lowest BCUT2D eigenvalue weighted by atomic mass is 10.1. The molecule has 1 aliphatic rings. The van der Waals surface area contributed by atoms with E-state index in [1.807, 2.05) is 12.1 Å². The molecule has 1 aromatic carbocycles. The van der Waals surface area contributed by atoms with E-state index in [0.29, 0.717) is 25.3 Å². The van der Waals surface area contributed by atoms with Crippen LogP contribution in [0.1, 0.15) is 15.9 Å². The maximum Gasteiger partial charge on any atom is 0.255 e. The summed E-state index contributed by atoms with van der Waals surface area (Å²) in [6.07, 6.45) is 0. The lowest BCUT2D eigenvalue weighted by molar-refractivity contribution is -0.122. The van der Waals surface area contributed by atoms with Crippen LogP contribution in [0.3, 0.4) is 0 Å². The molecule has 1 aromatic rings. The van der Waals surface area contributed by atoms with E-state index in [-0.39, 0.29) is 18.4 Å². The quantitative estimate of drug-likeness (QED) is 0.826. The number of ether oxygens (including phenoxy) is 1. The molecule has 0 aromatic heterocycles. The smallest absolute Gasteiger partial charge is 0.255 e. The minimum Gasteiger partial charge on any atom is -0.383 e. The number of hydrogen-bond acceptors (Lipinski definition) is 3. The summed E-state index contributed by atoms with van der Waals surface area (Å²) in [7, 11) is 1.57. The monoisotopic (exact) mass is 326 g/mol. The molecule has 6 heteroatoms. The number of nitrogens with zero attached hydrogens (tertiary/aromatic N) is 1. The Morgan fingerprint density at radius 3 is 3.05 bits per heavy atom. The molecule has 0 bridgehead atoms. The molecule has 0 atom stereocenters. The topological polar surface area (TPSA) is 58.6 Å². The van der Waals surface area contributed by atoms with Crippen molar-refractivity contribution in [3.63, 3.8) is 0 Å². The molecule has 0 unspecified atom stereocenters. The van der Waals surface area contributed by atoms with Crippen molar-refractivity contribution >= 4 is 27.7 Å². The van der Waals surface area contributed by atoms with Gasteiger partial charge in [-0.1, -0.05) is 22.0 Å². The molecule has 0 saturated carbocycles. The molecule has 1 aliphatic heterocycles. The Hall–Kier alpha value is -1.40. The standard InChI is InChI=1S/C13H15BrN2O3/c1-19-5-4-15-12(17)8-16-7-9-2-3-10(14)6-11(9)13(16)18/h2-3,6H,4-5,7-8H2,1H3,(H,15,17). The van der Waals surface area contributed by atoms with Crippen LogP contribution in [0.2, 0.25) is 0 Å². The van der Waals surface area contributed by atoms with E-state index >= 15 is 0 Å². The third-order valence-electron chi connectivity index (χ3n) is 2.91. The van der Waals surface area contributed by atoms with E-state index < -0.39 is 0 Å². The molecule has 1 heterocycles. The number of halogens is 1. The van der Waals surface area contributed by atoms with E-state index in [1.54, 1.807) is 18.1 Å². The molecule has 0 fully saturated rings. The summed E-state index contributed by atoms with van der Waals surface area (Å²) < 4.78 is 5.71. The van der Waals surface area contributed by atoms with Gasteiger partial charge in [-0.2, -0.15) is 0 Å². The van der Waals surface area contributed by atoms with Crippen LogP contribution in [-0.2, 0) is 16.1 Å². The zero-order valence-electron chi connectivity index (χ0n) is 10.6. The van der Waals surface area contributed by atoms with Gasteiger partial charge in [-0.05, 0) is 17.7 Å². The van der Waals surface area contributed by atoms with Crippen LogP contribution in [-0.4, -0.2) is 43.5 Å². The highest BCUT2D eigenvalue weighted by atomic mass is 79.9. The Bertz CT molecular complexity index is 505. The SMILES string of the molecule is COCCNC(=O)CN1Cc2ccc(Br)cc2C1=O. The summed E-state index contributed by atoms with van der Waals surface area (Å²) in [5.74, 6) is -0.268. The number of rotatable bonds is 5. The Kier molecular flexibility index (Phi) is 4.55. The molecule has 19 heavy (non-hydrogen) atoms. The Labute approximate surface area is 120 Å². The normalized spacial score (nSPS) is 13.6. The highest BCUT2D eigenvalue weighted by Gasteiger charge is 2.28. The highest BCUT2D eigenvalue weighted by Crippen LogP contribution is 2.25. The molecule has 2 amide bonds. The third-order valence-corrected chi connectivity index (χ3v) is 3.41. The summed E-state index contributed by atoms with van der Waals surface area (Å²) in [5.41, 5.74) is 1.62. The van der Waals surface area contributed by atoms with E-state index in [1.165, 1.54) is 0 Å². The Morgan fingerprint density at radius 1 is 1.53 bits per heavy atom. The first-order valence-corrected chi connectivity index (χ1v) is 6.74. The van der Waals surface area contributed by atoms with Crippen LogP contribution in [0.4, 0.5) is 0 Å². The number of methoxy groups -OCH3 is 1. The summed E-state index contributed by atoms with van der Waals surface area (Å²) in [6.45, 7) is 1.48. The number of amides is 2. The van der Waals surface area contributed by atoms with Gasteiger partial charge in [-0.25, -0.2) is 0 Å². The molecular weight excluding hydrogens is 312 g/mol. The van der Waals surface area contributed by atoms with Gasteiger partial charge in [0, 0.05) is 30.2 Å². The Balaban J connectivity index is 1.94. The third kappa shape index (κ3) is 3.33. The van der Waals surface area contributed by atoms with Gasteiger partial charge in [0.05, 0.1) is 6.61 Å².